The van der Waals surface area contributed by atoms with E-state index in [0.717, 1.165) is 29.8 Å². The Kier molecular flexibility index (Phi) is 4.48. The average molecular weight is 321 g/mol. The maximum Gasteiger partial charge on any atom is 0.339 e. The van der Waals surface area contributed by atoms with Crippen LogP contribution in [-0.2, 0) is 4.74 Å². The first-order chi connectivity index (χ1) is 11.6. The number of nitriles is 1. The van der Waals surface area contributed by atoms with Crippen LogP contribution in [0.4, 0.5) is 11.5 Å². The minimum atomic E-state index is -0.480. The fourth-order valence-corrected chi connectivity index (χ4v) is 2.57. The van der Waals surface area contributed by atoms with Crippen LogP contribution in [0.3, 0.4) is 0 Å². The maximum atomic E-state index is 12.3. The molecule has 1 N–H and O–H groups in total. The molecule has 5 nitrogen and oxygen atoms in total. The van der Waals surface area contributed by atoms with E-state index in [1.54, 1.807) is 13.0 Å². The van der Waals surface area contributed by atoms with Crippen molar-refractivity contribution >= 4 is 17.5 Å². The van der Waals surface area contributed by atoms with E-state index >= 15 is 0 Å². The molecule has 1 saturated carbocycles. The number of hydrogen-bond acceptors (Lipinski definition) is 5. The first-order valence-corrected chi connectivity index (χ1v) is 8.08. The molecule has 5 heteroatoms. The molecule has 122 valence electrons. The van der Waals surface area contributed by atoms with Gasteiger partial charge in [0.15, 0.2) is 0 Å². The summed E-state index contributed by atoms with van der Waals surface area (Å²) in [7, 11) is 0. The normalized spacial score (nSPS) is 13.2. The number of esters is 1. The first-order valence-electron chi connectivity index (χ1n) is 8.08. The largest absolute Gasteiger partial charge is 0.462 e. The molecule has 1 fully saturated rings. The lowest BCUT2D eigenvalue weighted by molar-refractivity contribution is 0.0526. The highest BCUT2D eigenvalue weighted by Crippen LogP contribution is 2.40. The Morgan fingerprint density at radius 1 is 1.42 bits per heavy atom. The molecular formula is C19H19N3O2. The lowest BCUT2D eigenvalue weighted by Gasteiger charge is -2.14. The SMILES string of the molecule is CCOC(=O)c1cc(C2CC2)nc(Nc2ccccc2C)c1C#N. The van der Waals surface area contributed by atoms with Gasteiger partial charge in [-0.3, -0.25) is 0 Å². The molecule has 0 amide bonds. The van der Waals surface area contributed by atoms with Crippen LogP contribution in [0.25, 0.3) is 0 Å². The molecule has 2 aromatic rings. The molecule has 24 heavy (non-hydrogen) atoms. The highest BCUT2D eigenvalue weighted by Gasteiger charge is 2.29. The van der Waals surface area contributed by atoms with E-state index in [2.05, 4.69) is 16.4 Å². The number of aryl methyl sites for hydroxylation is 1. The fourth-order valence-electron chi connectivity index (χ4n) is 2.57. The van der Waals surface area contributed by atoms with E-state index in [1.807, 2.05) is 31.2 Å². The van der Waals surface area contributed by atoms with Crippen molar-refractivity contribution in [2.45, 2.75) is 32.6 Å². The van der Waals surface area contributed by atoms with Crippen molar-refractivity contribution < 1.29 is 9.53 Å². The molecule has 0 atom stereocenters. The van der Waals surface area contributed by atoms with Gasteiger partial charge in [-0.1, -0.05) is 18.2 Å². The fraction of sp³-hybridized carbons (Fsp3) is 0.316. The zero-order chi connectivity index (χ0) is 17.1. The third-order valence-corrected chi connectivity index (χ3v) is 4.04. The molecule has 0 aliphatic heterocycles. The summed E-state index contributed by atoms with van der Waals surface area (Å²) < 4.78 is 5.11. The summed E-state index contributed by atoms with van der Waals surface area (Å²) in [5.74, 6) is 0.300. The number of nitrogens with one attached hydrogen (secondary N) is 1. The van der Waals surface area contributed by atoms with Crippen LogP contribution < -0.4 is 5.32 Å². The number of anilines is 2. The second kappa shape index (κ2) is 6.71. The predicted octanol–water partition coefficient (Wildman–Crippen LogP) is 4.06. The molecule has 0 bridgehead atoms. The zero-order valence-electron chi connectivity index (χ0n) is 13.8. The molecule has 1 aromatic heterocycles. The van der Waals surface area contributed by atoms with Gasteiger partial charge in [-0.15, -0.1) is 0 Å². The van der Waals surface area contributed by atoms with E-state index in [0.29, 0.717) is 11.7 Å². The molecule has 1 heterocycles. The third-order valence-electron chi connectivity index (χ3n) is 4.04. The lowest BCUT2D eigenvalue weighted by Crippen LogP contribution is -2.11. The van der Waals surface area contributed by atoms with Crippen LogP contribution in [0.15, 0.2) is 30.3 Å². The average Bonchev–Trinajstić information content (AvgIpc) is 3.41. The Morgan fingerprint density at radius 3 is 2.79 bits per heavy atom. The summed E-state index contributed by atoms with van der Waals surface area (Å²) in [6.45, 7) is 4.00. The predicted molar refractivity (Wildman–Crippen MR) is 91.3 cm³/mol. The van der Waals surface area contributed by atoms with Gasteiger partial charge in [-0.2, -0.15) is 5.26 Å². The molecule has 1 aliphatic carbocycles. The summed E-state index contributed by atoms with van der Waals surface area (Å²) in [5, 5.41) is 12.8. The van der Waals surface area contributed by atoms with Crippen LogP contribution in [0.2, 0.25) is 0 Å². The number of carbonyl (C=O) groups excluding carboxylic acids is 1. The number of rotatable bonds is 5. The number of carbonyl (C=O) groups is 1. The van der Waals surface area contributed by atoms with E-state index < -0.39 is 5.97 Å². The lowest BCUT2D eigenvalue weighted by atomic mass is 10.1. The van der Waals surface area contributed by atoms with E-state index in [-0.39, 0.29) is 17.7 Å². The molecule has 0 radical (unpaired) electrons. The van der Waals surface area contributed by atoms with Gasteiger partial charge in [0.2, 0.25) is 0 Å². The smallest absolute Gasteiger partial charge is 0.339 e. The minimum Gasteiger partial charge on any atom is -0.462 e. The number of ether oxygens (including phenoxy) is 1. The van der Waals surface area contributed by atoms with Crippen molar-refractivity contribution in [3.05, 3.63) is 52.7 Å². The van der Waals surface area contributed by atoms with E-state index in [4.69, 9.17) is 4.74 Å². The Morgan fingerprint density at radius 2 is 2.17 bits per heavy atom. The molecule has 0 unspecified atom stereocenters. The number of pyridine rings is 1. The zero-order valence-corrected chi connectivity index (χ0v) is 13.8. The van der Waals surface area contributed by atoms with Gasteiger partial charge in [0.25, 0.3) is 0 Å². The number of nitrogens with zero attached hydrogens (tertiary/aromatic N) is 2. The van der Waals surface area contributed by atoms with Crippen molar-refractivity contribution in [1.82, 2.24) is 4.98 Å². The number of benzene rings is 1. The van der Waals surface area contributed by atoms with Crippen LogP contribution in [0, 0.1) is 18.3 Å². The van der Waals surface area contributed by atoms with Crippen molar-refractivity contribution in [2.75, 3.05) is 11.9 Å². The van der Waals surface area contributed by atoms with Crippen molar-refractivity contribution in [1.29, 1.82) is 5.26 Å². The quantitative estimate of drug-likeness (QED) is 0.841. The van der Waals surface area contributed by atoms with E-state index in [1.165, 1.54) is 0 Å². The summed E-state index contributed by atoms with van der Waals surface area (Å²) in [6.07, 6.45) is 2.12. The van der Waals surface area contributed by atoms with Crippen LogP contribution >= 0.6 is 0 Å². The van der Waals surface area contributed by atoms with Crippen molar-refractivity contribution in [3.8, 4) is 6.07 Å². The monoisotopic (exact) mass is 321 g/mol. The molecule has 1 aliphatic rings. The van der Waals surface area contributed by atoms with Gasteiger partial charge in [-0.25, -0.2) is 9.78 Å². The molecule has 0 spiro atoms. The second-order valence-corrected chi connectivity index (χ2v) is 5.86. The Balaban J connectivity index is 2.08. The standard InChI is InChI=1S/C19H19N3O2/c1-3-24-19(23)14-10-17(13-8-9-13)22-18(15(14)11-20)21-16-7-5-4-6-12(16)2/h4-7,10,13H,3,8-9H2,1-2H3,(H,21,22). The van der Waals surface area contributed by atoms with Gasteiger partial charge in [0.05, 0.1) is 12.2 Å². The molecule has 3 rings (SSSR count). The highest BCUT2D eigenvalue weighted by molar-refractivity contribution is 5.94. The second-order valence-electron chi connectivity index (χ2n) is 5.86. The van der Waals surface area contributed by atoms with Crippen LogP contribution in [0.1, 0.15) is 52.9 Å². The minimum absolute atomic E-state index is 0.223. The molecular weight excluding hydrogens is 302 g/mol. The Bertz CT molecular complexity index is 820. The van der Waals surface area contributed by atoms with Gasteiger partial charge in [0, 0.05) is 17.3 Å². The van der Waals surface area contributed by atoms with Gasteiger partial charge < -0.3 is 10.1 Å². The van der Waals surface area contributed by atoms with Gasteiger partial charge in [-0.05, 0) is 44.4 Å². The van der Waals surface area contributed by atoms with Crippen LogP contribution in [0.5, 0.6) is 0 Å². The summed E-state index contributed by atoms with van der Waals surface area (Å²) in [4.78, 5) is 16.9. The Hall–Kier alpha value is -2.87. The number of aromatic nitrogens is 1. The Labute approximate surface area is 141 Å². The third kappa shape index (κ3) is 3.23. The summed E-state index contributed by atoms with van der Waals surface area (Å²) >= 11 is 0. The first kappa shape index (κ1) is 16.0. The number of para-hydroxylation sites is 1. The number of hydrogen-bond donors (Lipinski definition) is 1. The summed E-state index contributed by atoms with van der Waals surface area (Å²) in [5.41, 5.74) is 3.25. The van der Waals surface area contributed by atoms with Crippen LogP contribution in [-0.4, -0.2) is 17.6 Å². The topological polar surface area (TPSA) is 75.0 Å². The highest BCUT2D eigenvalue weighted by atomic mass is 16.5. The molecule has 0 saturated heterocycles. The van der Waals surface area contributed by atoms with Crippen molar-refractivity contribution in [2.24, 2.45) is 0 Å². The van der Waals surface area contributed by atoms with Crippen molar-refractivity contribution in [3.63, 3.8) is 0 Å². The molecule has 1 aromatic carbocycles. The van der Waals surface area contributed by atoms with Gasteiger partial charge in [0.1, 0.15) is 17.5 Å². The maximum absolute atomic E-state index is 12.3. The van der Waals surface area contributed by atoms with E-state index in [9.17, 15) is 10.1 Å². The summed E-state index contributed by atoms with van der Waals surface area (Å²) in [6, 6.07) is 11.6. The van der Waals surface area contributed by atoms with Gasteiger partial charge >= 0.3 is 5.97 Å².